The third-order valence-electron chi connectivity index (χ3n) is 6.66. The average Bonchev–Trinajstić information content (AvgIpc) is 3.29. The van der Waals surface area contributed by atoms with E-state index in [1.54, 1.807) is 7.11 Å². The van der Waals surface area contributed by atoms with Gasteiger partial charge in [0, 0.05) is 13.7 Å². The van der Waals surface area contributed by atoms with E-state index < -0.39 is 0 Å². The fraction of sp³-hybridized carbons (Fsp3) is 0.576. The van der Waals surface area contributed by atoms with Crippen molar-refractivity contribution in [3.8, 4) is 11.1 Å². The summed E-state index contributed by atoms with van der Waals surface area (Å²) in [4.78, 5) is 0. The van der Waals surface area contributed by atoms with Gasteiger partial charge >= 0.3 is 0 Å². The molecule has 3 rings (SSSR count). The molecule has 0 N–H and O–H groups in total. The maximum Gasteiger partial charge on any atom is 0.0876 e. The molecule has 0 aliphatic heterocycles. The Balaban J connectivity index is 0.000000271. The maximum atomic E-state index is 5.50. The first-order valence-electron chi connectivity index (χ1n) is 14.3. The molecule has 1 aliphatic rings. The zero-order chi connectivity index (χ0) is 25.7. The summed E-state index contributed by atoms with van der Waals surface area (Å²) in [6.45, 7) is 7.54. The molecule has 200 valence electrons. The van der Waals surface area contributed by atoms with Crippen molar-refractivity contribution in [3.63, 3.8) is 0 Å². The van der Waals surface area contributed by atoms with Crippen molar-refractivity contribution in [2.24, 2.45) is 0 Å². The summed E-state index contributed by atoms with van der Waals surface area (Å²) in [5.74, 6) is 0. The van der Waals surface area contributed by atoms with Gasteiger partial charge in [0.2, 0.25) is 0 Å². The lowest BCUT2D eigenvalue weighted by molar-refractivity contribution is 0.0685. The molecule has 3 nitrogen and oxygen atoms in total. The summed E-state index contributed by atoms with van der Waals surface area (Å²) >= 11 is 0. The van der Waals surface area contributed by atoms with Crippen LogP contribution in [-0.2, 0) is 27.1 Å². The van der Waals surface area contributed by atoms with Gasteiger partial charge in [-0.3, -0.25) is 0 Å². The van der Waals surface area contributed by atoms with Crippen LogP contribution >= 0.6 is 0 Å². The van der Waals surface area contributed by atoms with E-state index in [-0.39, 0.29) is 0 Å². The number of hydrogen-bond acceptors (Lipinski definition) is 3. The van der Waals surface area contributed by atoms with E-state index in [0.717, 1.165) is 52.1 Å². The summed E-state index contributed by atoms with van der Waals surface area (Å²) < 4.78 is 15.8. The summed E-state index contributed by atoms with van der Waals surface area (Å²) in [5, 5.41) is 0. The van der Waals surface area contributed by atoms with Crippen molar-refractivity contribution in [3.05, 3.63) is 71.5 Å². The molecule has 0 aromatic heterocycles. The molecule has 0 fully saturated rings. The average molecular weight is 495 g/mol. The zero-order valence-corrected chi connectivity index (χ0v) is 23.2. The van der Waals surface area contributed by atoms with Crippen LogP contribution in [-0.4, -0.2) is 33.5 Å². The van der Waals surface area contributed by atoms with Gasteiger partial charge in [0.1, 0.15) is 0 Å². The molecule has 0 atom stereocenters. The van der Waals surface area contributed by atoms with Crippen LogP contribution in [0.5, 0.6) is 0 Å². The van der Waals surface area contributed by atoms with Gasteiger partial charge in [0.15, 0.2) is 0 Å². The van der Waals surface area contributed by atoms with E-state index in [2.05, 4.69) is 62.4 Å². The van der Waals surface area contributed by atoms with Gasteiger partial charge in [0.25, 0.3) is 0 Å². The molecule has 0 unspecified atom stereocenters. The van der Waals surface area contributed by atoms with E-state index in [9.17, 15) is 0 Å². The van der Waals surface area contributed by atoms with E-state index in [1.807, 2.05) is 6.26 Å². The highest BCUT2D eigenvalue weighted by Crippen LogP contribution is 2.38. The monoisotopic (exact) mass is 494 g/mol. The largest absolute Gasteiger partial charge is 0.502 e. The molecule has 0 amide bonds. The van der Waals surface area contributed by atoms with Gasteiger partial charge in [-0.05, 0) is 59.9 Å². The Morgan fingerprint density at radius 3 is 2.25 bits per heavy atom. The van der Waals surface area contributed by atoms with E-state index in [4.69, 9.17) is 14.2 Å². The Hall–Kier alpha value is -2.10. The second kappa shape index (κ2) is 20.0. The number of fused-ring (bicyclic) bond motifs is 3. The predicted molar refractivity (Wildman–Crippen MR) is 154 cm³/mol. The lowest BCUT2D eigenvalue weighted by Gasteiger charge is -2.08. The van der Waals surface area contributed by atoms with Crippen LogP contribution in [0.15, 0.2) is 54.8 Å². The molecule has 0 bridgehead atoms. The van der Waals surface area contributed by atoms with Gasteiger partial charge < -0.3 is 14.2 Å². The lowest BCUT2D eigenvalue weighted by atomic mass is 9.98. The van der Waals surface area contributed by atoms with Crippen molar-refractivity contribution >= 4 is 0 Å². The third-order valence-corrected chi connectivity index (χ3v) is 6.66. The molecule has 0 spiro atoms. The molecule has 1 aliphatic carbocycles. The van der Waals surface area contributed by atoms with Crippen molar-refractivity contribution in [2.75, 3.05) is 33.5 Å². The molecule has 3 heteroatoms. The zero-order valence-electron chi connectivity index (χ0n) is 23.2. The van der Waals surface area contributed by atoms with Gasteiger partial charge in [-0.1, -0.05) is 107 Å². The number of benzene rings is 2. The first-order valence-corrected chi connectivity index (χ1v) is 14.3. The summed E-state index contributed by atoms with van der Waals surface area (Å²) in [7, 11) is 1.71. The molecule has 2 aromatic carbocycles. The van der Waals surface area contributed by atoms with Gasteiger partial charge in [-0.2, -0.15) is 0 Å². The SMILES string of the molecule is CCC=COCCCc1cccc2c1Cc1ccccc1-2.CCCCCCCCCCOCCOC. The lowest BCUT2D eigenvalue weighted by Crippen LogP contribution is -2.02. The number of allylic oxidation sites excluding steroid dienone is 1. The standard InChI is InChI=1S/C20H22O.C13H28O2/c1-2-3-13-21-14-7-10-16-9-6-12-19-18-11-5-4-8-17(18)15-20(16)19;1-3-4-5-6-7-8-9-10-11-15-13-12-14-2/h3-6,8-9,11-13H,2,7,10,14-15H2,1H3;3-13H2,1-2H3. The van der Waals surface area contributed by atoms with E-state index in [0.29, 0.717) is 0 Å². The molecule has 2 aromatic rings. The second-order valence-corrected chi connectivity index (χ2v) is 9.61. The van der Waals surface area contributed by atoms with Crippen LogP contribution in [0.3, 0.4) is 0 Å². The van der Waals surface area contributed by atoms with Crippen molar-refractivity contribution in [2.45, 2.75) is 90.9 Å². The molecular weight excluding hydrogens is 444 g/mol. The second-order valence-electron chi connectivity index (χ2n) is 9.61. The first kappa shape index (κ1) is 30.1. The van der Waals surface area contributed by atoms with Crippen LogP contribution in [0.4, 0.5) is 0 Å². The van der Waals surface area contributed by atoms with Gasteiger partial charge in [-0.15, -0.1) is 0 Å². The van der Waals surface area contributed by atoms with Crippen LogP contribution in [0.1, 0.15) is 94.7 Å². The number of ether oxygens (including phenoxy) is 3. The Labute approximate surface area is 221 Å². The summed E-state index contributed by atoms with van der Waals surface area (Å²) in [6, 6.07) is 15.5. The van der Waals surface area contributed by atoms with Crippen molar-refractivity contribution in [1.82, 2.24) is 0 Å². The fourth-order valence-corrected chi connectivity index (χ4v) is 4.62. The minimum atomic E-state index is 0.719. The number of methoxy groups -OCH3 is 1. The fourth-order valence-electron chi connectivity index (χ4n) is 4.62. The number of unbranched alkanes of at least 4 members (excludes halogenated alkanes) is 7. The number of rotatable bonds is 18. The van der Waals surface area contributed by atoms with Crippen LogP contribution in [0.25, 0.3) is 11.1 Å². The van der Waals surface area contributed by atoms with Gasteiger partial charge in [0.05, 0.1) is 26.1 Å². The summed E-state index contributed by atoms with van der Waals surface area (Å²) in [5.41, 5.74) is 7.29. The quantitative estimate of drug-likeness (QED) is 0.130. The molecule has 0 radical (unpaired) electrons. The normalized spacial score (nSPS) is 11.8. The minimum Gasteiger partial charge on any atom is -0.502 e. The molecule has 0 saturated carbocycles. The van der Waals surface area contributed by atoms with Crippen molar-refractivity contribution in [1.29, 1.82) is 0 Å². The molecule has 36 heavy (non-hydrogen) atoms. The Morgan fingerprint density at radius 1 is 0.722 bits per heavy atom. The van der Waals surface area contributed by atoms with E-state index >= 15 is 0 Å². The Kier molecular flexibility index (Phi) is 16.7. The Morgan fingerprint density at radius 2 is 1.47 bits per heavy atom. The summed E-state index contributed by atoms with van der Waals surface area (Å²) in [6.07, 6.45) is 19.0. The van der Waals surface area contributed by atoms with Crippen LogP contribution in [0, 0.1) is 0 Å². The highest BCUT2D eigenvalue weighted by atomic mass is 16.5. The first-order chi connectivity index (χ1) is 17.8. The highest BCUT2D eigenvalue weighted by Gasteiger charge is 2.19. The van der Waals surface area contributed by atoms with Gasteiger partial charge in [-0.25, -0.2) is 0 Å². The van der Waals surface area contributed by atoms with Crippen molar-refractivity contribution < 1.29 is 14.2 Å². The topological polar surface area (TPSA) is 27.7 Å². The van der Waals surface area contributed by atoms with E-state index in [1.165, 1.54) is 79.2 Å². The molecular formula is C33H50O3. The smallest absolute Gasteiger partial charge is 0.0876 e. The minimum absolute atomic E-state index is 0.719. The number of hydrogen-bond donors (Lipinski definition) is 0. The van der Waals surface area contributed by atoms with Crippen LogP contribution in [0.2, 0.25) is 0 Å². The number of aryl methyl sites for hydroxylation is 1. The van der Waals surface area contributed by atoms with Crippen LogP contribution < -0.4 is 0 Å². The maximum absolute atomic E-state index is 5.50. The third kappa shape index (κ3) is 11.8. The predicted octanol–water partition coefficient (Wildman–Crippen LogP) is 8.92. The Bertz CT molecular complexity index is 831. The molecule has 0 heterocycles. The highest BCUT2D eigenvalue weighted by molar-refractivity contribution is 5.77. The molecule has 0 saturated heterocycles.